The quantitative estimate of drug-likeness (QED) is 0.388. The Kier molecular flexibility index (Phi) is 9.23. The molecule has 23 heavy (non-hydrogen) atoms. The number of aliphatic hydroxyl groups is 1. The van der Waals surface area contributed by atoms with Gasteiger partial charge >= 0.3 is 0 Å². The topological polar surface area (TPSA) is 37.3 Å². The van der Waals surface area contributed by atoms with Crippen molar-refractivity contribution in [2.75, 3.05) is 11.8 Å². The van der Waals surface area contributed by atoms with Gasteiger partial charge in [-0.2, -0.15) is 0 Å². The molecule has 0 fully saturated rings. The van der Waals surface area contributed by atoms with Gasteiger partial charge in [-0.05, 0) is 37.3 Å². The fourth-order valence-electron chi connectivity index (χ4n) is 2.17. The molecule has 1 rings (SSSR count). The maximum atomic E-state index is 11.5. The van der Waals surface area contributed by atoms with Crippen molar-refractivity contribution in [3.05, 3.63) is 58.7 Å². The molecule has 1 unspecified atom stereocenters. The molecule has 4 heteroatoms. The number of benzene rings is 1. The van der Waals surface area contributed by atoms with E-state index in [0.29, 0.717) is 5.56 Å². The number of carbonyl (C=O) groups excluding carboxylic acids is 1. The monoisotopic (exact) mass is 354 g/mol. The number of ketones is 1. The Morgan fingerprint density at radius 3 is 2.39 bits per heavy atom. The Morgan fingerprint density at radius 1 is 1.22 bits per heavy atom. The number of hydrogen-bond donors (Lipinski definition) is 1. The Hall–Kier alpha value is -1.09. The Morgan fingerprint density at radius 2 is 1.87 bits per heavy atom. The minimum Gasteiger partial charge on any atom is -0.388 e. The summed E-state index contributed by atoms with van der Waals surface area (Å²) in [6.45, 7) is 4.08. The number of halogens is 2. The highest BCUT2D eigenvalue weighted by molar-refractivity contribution is 6.30. The van der Waals surface area contributed by atoms with E-state index in [0.717, 1.165) is 24.8 Å². The molecule has 0 bridgehead atoms. The Labute approximate surface area is 148 Å². The van der Waals surface area contributed by atoms with Gasteiger partial charge in [0, 0.05) is 5.56 Å². The summed E-state index contributed by atoms with van der Waals surface area (Å²) in [6.07, 6.45) is 6.05. The molecule has 0 radical (unpaired) electrons. The number of aliphatic hydroxyl groups excluding tert-OH is 1. The lowest BCUT2D eigenvalue weighted by Gasteiger charge is -2.09. The molecular formula is C19H24Cl2O2. The molecular weight excluding hydrogens is 331 g/mol. The molecule has 0 amide bonds. The normalized spacial score (nSPS) is 14.0. The lowest BCUT2D eigenvalue weighted by molar-refractivity contribution is 0.102. The summed E-state index contributed by atoms with van der Waals surface area (Å²) >= 11 is 11.2. The van der Waals surface area contributed by atoms with Crippen LogP contribution >= 0.6 is 23.2 Å². The van der Waals surface area contributed by atoms with Gasteiger partial charge in [0.15, 0.2) is 5.78 Å². The van der Waals surface area contributed by atoms with E-state index in [1.165, 1.54) is 11.1 Å². The van der Waals surface area contributed by atoms with Crippen LogP contribution in [0.15, 0.2) is 47.6 Å². The Balaban J connectivity index is 2.61. The van der Waals surface area contributed by atoms with E-state index in [-0.39, 0.29) is 17.5 Å². The minimum atomic E-state index is -0.572. The maximum Gasteiger partial charge on any atom is 0.177 e. The summed E-state index contributed by atoms with van der Waals surface area (Å²) in [6, 6.07) is 7.59. The number of alkyl halides is 2. The maximum absolute atomic E-state index is 11.5. The zero-order valence-corrected chi connectivity index (χ0v) is 15.2. The van der Waals surface area contributed by atoms with Crippen LogP contribution in [0.2, 0.25) is 0 Å². The highest BCUT2D eigenvalue weighted by Gasteiger charge is 2.06. The van der Waals surface area contributed by atoms with Gasteiger partial charge < -0.3 is 5.11 Å². The fourth-order valence-corrected chi connectivity index (χ4v) is 2.52. The number of aryl methyl sites for hydroxylation is 1. The zero-order valence-electron chi connectivity index (χ0n) is 13.7. The summed E-state index contributed by atoms with van der Waals surface area (Å²) in [7, 11) is 0. The Bertz CT molecular complexity index is 559. The lowest BCUT2D eigenvalue weighted by atomic mass is 10.0. The smallest absolute Gasteiger partial charge is 0.177 e. The van der Waals surface area contributed by atoms with E-state index in [2.05, 4.69) is 6.92 Å². The molecule has 0 aromatic heterocycles. The van der Waals surface area contributed by atoms with Gasteiger partial charge in [-0.15, -0.1) is 23.2 Å². The highest BCUT2D eigenvalue weighted by atomic mass is 35.5. The summed E-state index contributed by atoms with van der Waals surface area (Å²) in [5.41, 5.74) is 4.02. The number of hydrogen-bond acceptors (Lipinski definition) is 2. The molecule has 126 valence electrons. The van der Waals surface area contributed by atoms with Crippen molar-refractivity contribution in [3.8, 4) is 0 Å². The lowest BCUT2D eigenvalue weighted by Crippen LogP contribution is -2.11. The average molecular weight is 355 g/mol. The van der Waals surface area contributed by atoms with Crippen molar-refractivity contribution in [1.82, 2.24) is 0 Å². The number of rotatable bonds is 9. The van der Waals surface area contributed by atoms with E-state index in [4.69, 9.17) is 23.2 Å². The van der Waals surface area contributed by atoms with Crippen LogP contribution in [0.25, 0.3) is 0 Å². The van der Waals surface area contributed by atoms with Gasteiger partial charge in [0.2, 0.25) is 0 Å². The third kappa shape index (κ3) is 6.90. The number of allylic oxidation sites excluding steroid dienone is 3. The minimum absolute atomic E-state index is 0.0153. The standard InChI is InChI=1S/C19H24Cl2O2/c1-3-16(18(22)12-20)9-5-14(2)4-6-15-7-10-17(11-8-15)19(23)13-21/h5,7-11,18,22H,3-4,6,12-13H2,1-2H3. The van der Waals surface area contributed by atoms with E-state index in [9.17, 15) is 9.90 Å². The van der Waals surface area contributed by atoms with Crippen molar-refractivity contribution in [2.24, 2.45) is 0 Å². The molecule has 2 nitrogen and oxygen atoms in total. The zero-order chi connectivity index (χ0) is 17.2. The first-order chi connectivity index (χ1) is 11.0. The first-order valence-electron chi connectivity index (χ1n) is 7.80. The van der Waals surface area contributed by atoms with E-state index in [1.807, 2.05) is 43.3 Å². The molecule has 0 aliphatic rings. The second-order valence-electron chi connectivity index (χ2n) is 5.53. The summed E-state index contributed by atoms with van der Waals surface area (Å²) in [5.74, 6) is 0.186. The van der Waals surface area contributed by atoms with Gasteiger partial charge in [0.1, 0.15) is 0 Å². The largest absolute Gasteiger partial charge is 0.388 e. The second-order valence-corrected chi connectivity index (χ2v) is 6.11. The number of Topliss-reactive ketones (excluding diaryl/α,β-unsaturated/α-hetero) is 1. The van der Waals surface area contributed by atoms with Crippen molar-refractivity contribution in [3.63, 3.8) is 0 Å². The summed E-state index contributed by atoms with van der Waals surface area (Å²) < 4.78 is 0. The third-order valence-electron chi connectivity index (χ3n) is 3.77. The van der Waals surface area contributed by atoms with Crippen molar-refractivity contribution < 1.29 is 9.90 Å². The van der Waals surface area contributed by atoms with Crippen LogP contribution in [-0.4, -0.2) is 28.8 Å². The van der Waals surface area contributed by atoms with Crippen LogP contribution in [0.4, 0.5) is 0 Å². The molecule has 1 aromatic rings. The van der Waals surface area contributed by atoms with Crippen molar-refractivity contribution >= 4 is 29.0 Å². The van der Waals surface area contributed by atoms with Crippen LogP contribution < -0.4 is 0 Å². The van der Waals surface area contributed by atoms with Crippen LogP contribution in [0, 0.1) is 0 Å². The van der Waals surface area contributed by atoms with Gasteiger partial charge in [0.25, 0.3) is 0 Å². The van der Waals surface area contributed by atoms with Crippen LogP contribution in [0.5, 0.6) is 0 Å². The molecule has 0 aliphatic carbocycles. The predicted octanol–water partition coefficient (Wildman–Crippen LogP) is 4.92. The molecule has 1 aromatic carbocycles. The van der Waals surface area contributed by atoms with Gasteiger partial charge in [-0.25, -0.2) is 0 Å². The van der Waals surface area contributed by atoms with E-state index in [1.54, 1.807) is 0 Å². The molecule has 0 saturated carbocycles. The van der Waals surface area contributed by atoms with Crippen LogP contribution in [0.3, 0.4) is 0 Å². The van der Waals surface area contributed by atoms with Gasteiger partial charge in [-0.1, -0.05) is 48.9 Å². The van der Waals surface area contributed by atoms with E-state index < -0.39 is 6.10 Å². The van der Waals surface area contributed by atoms with Gasteiger partial charge in [-0.3, -0.25) is 4.79 Å². The molecule has 1 N–H and O–H groups in total. The number of carbonyl (C=O) groups is 1. The molecule has 0 saturated heterocycles. The highest BCUT2D eigenvalue weighted by Crippen LogP contribution is 2.14. The third-order valence-corrected chi connectivity index (χ3v) is 4.30. The SMILES string of the molecule is CCC(=CC=C(C)CCc1ccc(C(=O)CCl)cc1)C(O)CCl. The van der Waals surface area contributed by atoms with Crippen molar-refractivity contribution in [2.45, 2.75) is 39.2 Å². The van der Waals surface area contributed by atoms with Gasteiger partial charge in [0.05, 0.1) is 17.9 Å². The van der Waals surface area contributed by atoms with Crippen LogP contribution in [0.1, 0.15) is 42.6 Å². The first kappa shape index (κ1) is 20.0. The molecule has 0 aliphatic heterocycles. The summed E-state index contributed by atoms with van der Waals surface area (Å²) in [5, 5.41) is 9.76. The predicted molar refractivity (Wildman–Crippen MR) is 98.7 cm³/mol. The summed E-state index contributed by atoms with van der Waals surface area (Å²) in [4.78, 5) is 11.5. The molecule has 0 spiro atoms. The second kappa shape index (κ2) is 10.6. The first-order valence-corrected chi connectivity index (χ1v) is 8.87. The molecule has 0 heterocycles. The molecule has 1 atom stereocenters. The van der Waals surface area contributed by atoms with E-state index >= 15 is 0 Å². The fraction of sp³-hybridized carbons (Fsp3) is 0.421. The van der Waals surface area contributed by atoms with Crippen molar-refractivity contribution in [1.29, 1.82) is 0 Å². The van der Waals surface area contributed by atoms with Crippen LogP contribution in [-0.2, 0) is 6.42 Å². The average Bonchev–Trinajstić information content (AvgIpc) is 2.59.